The normalized spacial score (nSPS) is 18.5. The van der Waals surface area contributed by atoms with Crippen LogP contribution in [0.1, 0.15) is 30.1 Å². The molecule has 1 fully saturated rings. The van der Waals surface area contributed by atoms with Crippen LogP contribution in [0.3, 0.4) is 0 Å². The van der Waals surface area contributed by atoms with Gasteiger partial charge in [-0.1, -0.05) is 6.07 Å². The summed E-state index contributed by atoms with van der Waals surface area (Å²) in [5, 5.41) is 19.5. The molecule has 1 aliphatic rings. The predicted octanol–water partition coefficient (Wildman–Crippen LogP) is 1.74. The third kappa shape index (κ3) is 2.98. The zero-order valence-electron chi connectivity index (χ0n) is 11.0. The van der Waals surface area contributed by atoms with Crippen LogP contribution in [-0.4, -0.2) is 46.8 Å². The van der Waals surface area contributed by atoms with Crippen molar-refractivity contribution >= 4 is 5.91 Å². The molecule has 5 nitrogen and oxygen atoms in total. The topological polar surface area (TPSA) is 70.0 Å². The van der Waals surface area contributed by atoms with Crippen molar-refractivity contribution in [2.45, 2.75) is 25.9 Å². The minimum atomic E-state index is -0.367. The Morgan fingerprint density at radius 2 is 2.11 bits per heavy atom. The number of benzene rings is 1. The number of phenolic OH excluding ortho intramolecular Hbond substituents is 2. The minimum absolute atomic E-state index is 0.0395. The van der Waals surface area contributed by atoms with E-state index in [2.05, 4.69) is 0 Å². The molecule has 0 spiro atoms. The molecule has 1 unspecified atom stereocenters. The zero-order chi connectivity index (χ0) is 13.8. The quantitative estimate of drug-likeness (QED) is 0.870. The van der Waals surface area contributed by atoms with Gasteiger partial charge in [0.15, 0.2) is 0 Å². The molecular weight excluding hydrogens is 246 g/mol. The smallest absolute Gasteiger partial charge is 0.261 e. The number of aromatic hydroxyl groups is 2. The predicted molar refractivity (Wildman–Crippen MR) is 70.3 cm³/mol. The van der Waals surface area contributed by atoms with Crippen molar-refractivity contribution in [2.24, 2.45) is 0 Å². The van der Waals surface area contributed by atoms with E-state index in [1.54, 1.807) is 4.90 Å². The maximum Gasteiger partial charge on any atom is 0.261 e. The number of phenols is 2. The Balaban J connectivity index is 2.15. The van der Waals surface area contributed by atoms with Gasteiger partial charge in [0.1, 0.15) is 17.1 Å². The average Bonchev–Trinajstić information content (AvgIpc) is 2.88. The first-order chi connectivity index (χ1) is 9.13. The molecule has 1 aromatic rings. The molecule has 0 saturated carbocycles. The highest BCUT2D eigenvalue weighted by molar-refractivity contribution is 5.99. The van der Waals surface area contributed by atoms with E-state index in [9.17, 15) is 15.0 Å². The average molecular weight is 265 g/mol. The van der Waals surface area contributed by atoms with Gasteiger partial charge in [-0.05, 0) is 31.9 Å². The molecule has 0 radical (unpaired) electrons. The molecule has 1 aliphatic heterocycles. The Kier molecular flexibility index (Phi) is 4.27. The first-order valence-corrected chi connectivity index (χ1v) is 6.55. The van der Waals surface area contributed by atoms with Gasteiger partial charge in [-0.25, -0.2) is 0 Å². The van der Waals surface area contributed by atoms with Crippen molar-refractivity contribution < 1.29 is 19.7 Å². The van der Waals surface area contributed by atoms with Gasteiger partial charge in [0.2, 0.25) is 0 Å². The standard InChI is InChI=1S/C14H19NO4/c1-2-15(9-10-5-4-8-19-10)14(18)13-11(16)6-3-7-12(13)17/h3,6-7,10,16-17H,2,4-5,8-9H2,1H3. The number of ether oxygens (including phenoxy) is 1. The molecule has 0 bridgehead atoms. The highest BCUT2D eigenvalue weighted by Crippen LogP contribution is 2.28. The molecule has 0 aromatic heterocycles. The van der Waals surface area contributed by atoms with E-state index < -0.39 is 0 Å². The molecule has 5 heteroatoms. The highest BCUT2D eigenvalue weighted by Gasteiger charge is 2.25. The summed E-state index contributed by atoms with van der Waals surface area (Å²) in [4.78, 5) is 13.9. The van der Waals surface area contributed by atoms with Crippen molar-refractivity contribution in [2.75, 3.05) is 19.7 Å². The first kappa shape index (κ1) is 13.7. The number of hydrogen-bond acceptors (Lipinski definition) is 4. The van der Waals surface area contributed by atoms with Crippen molar-refractivity contribution in [3.63, 3.8) is 0 Å². The monoisotopic (exact) mass is 265 g/mol. The van der Waals surface area contributed by atoms with Gasteiger partial charge in [0, 0.05) is 19.7 Å². The van der Waals surface area contributed by atoms with Crippen molar-refractivity contribution in [3.05, 3.63) is 23.8 Å². The number of nitrogens with zero attached hydrogens (tertiary/aromatic N) is 1. The molecule has 19 heavy (non-hydrogen) atoms. The summed E-state index contributed by atoms with van der Waals surface area (Å²) in [5.74, 6) is -0.764. The fourth-order valence-electron chi connectivity index (χ4n) is 2.30. The maximum absolute atomic E-state index is 12.4. The van der Waals surface area contributed by atoms with Gasteiger partial charge < -0.3 is 19.8 Å². The van der Waals surface area contributed by atoms with Crippen LogP contribution in [0, 0.1) is 0 Å². The Morgan fingerprint density at radius 3 is 2.63 bits per heavy atom. The number of amides is 1. The largest absolute Gasteiger partial charge is 0.507 e. The van der Waals surface area contributed by atoms with E-state index >= 15 is 0 Å². The summed E-state index contributed by atoms with van der Waals surface area (Å²) in [7, 11) is 0. The van der Waals surface area contributed by atoms with Crippen LogP contribution in [0.4, 0.5) is 0 Å². The van der Waals surface area contributed by atoms with Crippen LogP contribution < -0.4 is 0 Å². The molecule has 2 N–H and O–H groups in total. The number of rotatable bonds is 4. The molecule has 1 amide bonds. The Hall–Kier alpha value is -1.75. The van der Waals surface area contributed by atoms with Gasteiger partial charge in [-0.2, -0.15) is 0 Å². The van der Waals surface area contributed by atoms with Crippen molar-refractivity contribution in [1.29, 1.82) is 0 Å². The zero-order valence-corrected chi connectivity index (χ0v) is 11.0. The van der Waals surface area contributed by atoms with Crippen molar-refractivity contribution in [1.82, 2.24) is 4.90 Å². The van der Waals surface area contributed by atoms with Crippen LogP contribution in [0.2, 0.25) is 0 Å². The van der Waals surface area contributed by atoms with Crippen molar-refractivity contribution in [3.8, 4) is 11.5 Å². The molecule has 0 aliphatic carbocycles. The fourth-order valence-corrected chi connectivity index (χ4v) is 2.30. The Labute approximate surface area is 112 Å². The summed E-state index contributed by atoms with van der Waals surface area (Å²) in [6.45, 7) is 3.59. The summed E-state index contributed by atoms with van der Waals surface area (Å²) in [6, 6.07) is 4.29. The van der Waals surface area contributed by atoms with E-state index in [1.807, 2.05) is 6.92 Å². The molecule has 1 heterocycles. The lowest BCUT2D eigenvalue weighted by Crippen LogP contribution is -2.37. The second kappa shape index (κ2) is 5.93. The number of carbonyl (C=O) groups is 1. The third-order valence-electron chi connectivity index (χ3n) is 3.35. The van der Waals surface area contributed by atoms with Gasteiger partial charge >= 0.3 is 0 Å². The van der Waals surface area contributed by atoms with E-state index in [4.69, 9.17) is 4.74 Å². The molecule has 2 rings (SSSR count). The van der Waals surface area contributed by atoms with E-state index in [1.165, 1.54) is 18.2 Å². The molecule has 1 atom stereocenters. The highest BCUT2D eigenvalue weighted by atomic mass is 16.5. The third-order valence-corrected chi connectivity index (χ3v) is 3.35. The number of likely N-dealkylation sites (N-methyl/N-ethyl adjacent to an activating group) is 1. The number of carbonyl (C=O) groups excluding carboxylic acids is 1. The molecule has 1 saturated heterocycles. The second-order valence-corrected chi connectivity index (χ2v) is 4.65. The van der Waals surface area contributed by atoms with Crippen LogP contribution in [0.15, 0.2) is 18.2 Å². The molecular formula is C14H19NO4. The molecule has 104 valence electrons. The lowest BCUT2D eigenvalue weighted by atomic mass is 10.1. The fraction of sp³-hybridized carbons (Fsp3) is 0.500. The summed E-state index contributed by atoms with van der Waals surface area (Å²) >= 11 is 0. The lowest BCUT2D eigenvalue weighted by molar-refractivity contribution is 0.0534. The Bertz CT molecular complexity index is 435. The van der Waals surface area contributed by atoms with E-state index in [-0.39, 0.29) is 29.1 Å². The maximum atomic E-state index is 12.4. The van der Waals surface area contributed by atoms with E-state index in [0.29, 0.717) is 13.1 Å². The first-order valence-electron chi connectivity index (χ1n) is 6.55. The van der Waals surface area contributed by atoms with Gasteiger partial charge in [-0.15, -0.1) is 0 Å². The second-order valence-electron chi connectivity index (χ2n) is 4.65. The Morgan fingerprint density at radius 1 is 1.42 bits per heavy atom. The summed E-state index contributed by atoms with van der Waals surface area (Å²) < 4.78 is 5.51. The van der Waals surface area contributed by atoms with Gasteiger partial charge in [0.25, 0.3) is 5.91 Å². The van der Waals surface area contributed by atoms with E-state index in [0.717, 1.165) is 19.4 Å². The summed E-state index contributed by atoms with van der Waals surface area (Å²) in [5.41, 5.74) is -0.0395. The minimum Gasteiger partial charge on any atom is -0.507 e. The SMILES string of the molecule is CCN(CC1CCCO1)C(=O)c1c(O)cccc1O. The van der Waals surface area contributed by atoms with Crippen LogP contribution in [0.5, 0.6) is 11.5 Å². The van der Waals surface area contributed by atoms with Crippen LogP contribution in [0.25, 0.3) is 0 Å². The van der Waals surface area contributed by atoms with Gasteiger partial charge in [-0.3, -0.25) is 4.79 Å². The summed E-state index contributed by atoms with van der Waals surface area (Å²) in [6.07, 6.45) is 2.01. The molecule has 1 aromatic carbocycles. The lowest BCUT2D eigenvalue weighted by Gasteiger charge is -2.24. The van der Waals surface area contributed by atoms with Crippen LogP contribution in [-0.2, 0) is 4.74 Å². The van der Waals surface area contributed by atoms with Gasteiger partial charge in [0.05, 0.1) is 6.10 Å². The van der Waals surface area contributed by atoms with Crippen LogP contribution >= 0.6 is 0 Å². The number of hydrogen-bond donors (Lipinski definition) is 2.